The monoisotopic (exact) mass is 386 g/mol. The van der Waals surface area contributed by atoms with E-state index in [9.17, 15) is 14.9 Å². The van der Waals surface area contributed by atoms with Crippen molar-refractivity contribution in [2.45, 2.75) is 0 Å². The van der Waals surface area contributed by atoms with Gasteiger partial charge in [-0.3, -0.25) is 15.5 Å². The maximum atomic E-state index is 11.2. The molecule has 0 aliphatic carbocycles. The van der Waals surface area contributed by atoms with Crippen LogP contribution in [0, 0.1) is 10.1 Å². The Hall–Kier alpha value is -3.72. The number of halogens is 1. The van der Waals surface area contributed by atoms with E-state index in [1.807, 2.05) is 0 Å². The lowest BCUT2D eigenvalue weighted by Crippen LogP contribution is -1.97. The first-order valence-corrected chi connectivity index (χ1v) is 7.84. The zero-order valence-corrected chi connectivity index (χ0v) is 14.3. The highest BCUT2D eigenvalue weighted by atomic mass is 35.5. The van der Waals surface area contributed by atoms with E-state index in [1.165, 1.54) is 30.5 Å². The molecule has 2 N–H and O–H groups in total. The van der Waals surface area contributed by atoms with Crippen LogP contribution in [0.25, 0.3) is 11.3 Å². The zero-order chi connectivity index (χ0) is 19.4. The number of nitrogens with one attached hydrogen (secondary N) is 1. The van der Waals surface area contributed by atoms with Crippen molar-refractivity contribution in [3.05, 3.63) is 75.1 Å². The summed E-state index contributed by atoms with van der Waals surface area (Å²) in [5.41, 5.74) is 3.03. The summed E-state index contributed by atoms with van der Waals surface area (Å²) in [5, 5.41) is 23.8. The average molecular weight is 387 g/mol. The van der Waals surface area contributed by atoms with Crippen LogP contribution in [0.2, 0.25) is 5.02 Å². The number of anilines is 1. The number of pyridine rings is 1. The summed E-state index contributed by atoms with van der Waals surface area (Å²) in [6, 6.07) is 10.6. The van der Waals surface area contributed by atoms with Crippen molar-refractivity contribution in [1.29, 1.82) is 0 Å². The van der Waals surface area contributed by atoms with Gasteiger partial charge < -0.3 is 9.52 Å². The molecule has 0 amide bonds. The maximum Gasteiger partial charge on any atom is 0.337 e. The number of benzene rings is 1. The molecule has 0 saturated heterocycles. The first kappa shape index (κ1) is 18.1. The normalized spacial score (nSPS) is 10.9. The lowest BCUT2D eigenvalue weighted by molar-refractivity contribution is -0.385. The molecule has 136 valence electrons. The van der Waals surface area contributed by atoms with E-state index in [2.05, 4.69) is 15.5 Å². The van der Waals surface area contributed by atoms with E-state index in [1.54, 1.807) is 18.2 Å². The van der Waals surface area contributed by atoms with Gasteiger partial charge in [0.1, 0.15) is 23.5 Å². The van der Waals surface area contributed by atoms with Crippen molar-refractivity contribution in [1.82, 2.24) is 4.98 Å². The number of rotatable bonds is 6. The molecule has 1 aromatic carbocycles. The highest BCUT2D eigenvalue weighted by Gasteiger charge is 2.12. The summed E-state index contributed by atoms with van der Waals surface area (Å²) >= 11 is 5.85. The predicted octanol–water partition coefficient (Wildman–Crippen LogP) is 4.05. The van der Waals surface area contributed by atoms with E-state index < -0.39 is 10.9 Å². The highest BCUT2D eigenvalue weighted by molar-refractivity contribution is 6.33. The molecule has 3 rings (SSSR count). The highest BCUT2D eigenvalue weighted by Crippen LogP contribution is 2.26. The van der Waals surface area contributed by atoms with Crippen LogP contribution >= 0.6 is 11.6 Å². The van der Waals surface area contributed by atoms with E-state index in [0.29, 0.717) is 22.9 Å². The number of nitro groups is 1. The van der Waals surface area contributed by atoms with Crippen LogP contribution in [0.3, 0.4) is 0 Å². The van der Waals surface area contributed by atoms with Gasteiger partial charge in [0.25, 0.3) is 5.69 Å². The van der Waals surface area contributed by atoms with Gasteiger partial charge in [-0.25, -0.2) is 9.78 Å². The number of hydrogen-bond acceptors (Lipinski definition) is 7. The molecule has 10 heteroatoms. The van der Waals surface area contributed by atoms with Crippen LogP contribution in [0.1, 0.15) is 16.1 Å². The van der Waals surface area contributed by atoms with Gasteiger partial charge in [0.15, 0.2) is 0 Å². The number of carboxylic acids is 1. The van der Waals surface area contributed by atoms with Crippen LogP contribution in [0.15, 0.2) is 58.2 Å². The Morgan fingerprint density at radius 2 is 2.11 bits per heavy atom. The molecule has 2 heterocycles. The molecule has 0 saturated carbocycles. The lowest BCUT2D eigenvalue weighted by Gasteiger charge is -2.02. The van der Waals surface area contributed by atoms with Gasteiger partial charge in [0.2, 0.25) is 0 Å². The summed E-state index contributed by atoms with van der Waals surface area (Å²) < 4.78 is 5.60. The molecular weight excluding hydrogens is 376 g/mol. The fraction of sp³-hybridized carbons (Fsp3) is 0. The third kappa shape index (κ3) is 4.28. The maximum absolute atomic E-state index is 11.2. The smallest absolute Gasteiger partial charge is 0.337 e. The molecular formula is C17H11ClN4O5. The summed E-state index contributed by atoms with van der Waals surface area (Å²) in [7, 11) is 0. The standard InChI is InChI=1S/C17H11ClN4O5/c18-14-4-1-10(7-13(14)17(23)24)15-5-3-12(27-15)9-20-21-16-6-2-11(8-19-16)22(25)26/h1-9H,(H,19,21)(H,23,24)/b20-9+. The average Bonchev–Trinajstić information content (AvgIpc) is 3.11. The Morgan fingerprint density at radius 3 is 2.78 bits per heavy atom. The second-order valence-corrected chi connectivity index (χ2v) is 5.64. The largest absolute Gasteiger partial charge is 0.478 e. The van der Waals surface area contributed by atoms with Crippen molar-refractivity contribution in [2.24, 2.45) is 5.10 Å². The predicted molar refractivity (Wildman–Crippen MR) is 98.2 cm³/mol. The van der Waals surface area contributed by atoms with Gasteiger partial charge in [0.05, 0.1) is 21.7 Å². The number of carbonyl (C=O) groups is 1. The lowest BCUT2D eigenvalue weighted by atomic mass is 10.1. The summed E-state index contributed by atoms with van der Waals surface area (Å²) in [5.74, 6) is 0.0535. The van der Waals surface area contributed by atoms with Gasteiger partial charge >= 0.3 is 5.97 Å². The Morgan fingerprint density at radius 1 is 1.30 bits per heavy atom. The van der Waals surface area contributed by atoms with Crippen molar-refractivity contribution in [3.63, 3.8) is 0 Å². The minimum Gasteiger partial charge on any atom is -0.478 e. The van der Waals surface area contributed by atoms with E-state index >= 15 is 0 Å². The summed E-state index contributed by atoms with van der Waals surface area (Å²) in [6.45, 7) is 0. The van der Waals surface area contributed by atoms with Crippen molar-refractivity contribution in [3.8, 4) is 11.3 Å². The van der Waals surface area contributed by atoms with Crippen molar-refractivity contribution in [2.75, 3.05) is 5.43 Å². The van der Waals surface area contributed by atoms with Crippen molar-refractivity contribution >= 4 is 35.3 Å². The van der Waals surface area contributed by atoms with E-state index in [0.717, 1.165) is 6.20 Å². The molecule has 0 aliphatic rings. The van der Waals surface area contributed by atoms with Crippen molar-refractivity contribution < 1.29 is 19.2 Å². The number of nitrogens with zero attached hydrogens (tertiary/aromatic N) is 3. The molecule has 0 aliphatic heterocycles. The van der Waals surface area contributed by atoms with Gasteiger partial charge in [0, 0.05) is 11.6 Å². The first-order chi connectivity index (χ1) is 12.9. The SMILES string of the molecule is O=C(O)c1cc(-c2ccc(/C=N/Nc3ccc([N+](=O)[O-])cn3)o2)ccc1Cl. The second-order valence-electron chi connectivity index (χ2n) is 5.23. The minimum absolute atomic E-state index is 0.0216. The van der Waals surface area contributed by atoms with Crippen LogP contribution in [0.5, 0.6) is 0 Å². The summed E-state index contributed by atoms with van der Waals surface area (Å²) in [4.78, 5) is 25.0. The van der Waals surface area contributed by atoms with Gasteiger partial charge in [-0.15, -0.1) is 0 Å². The Kier molecular flexibility index (Phi) is 5.13. The third-order valence-corrected chi connectivity index (χ3v) is 3.77. The Bertz CT molecular complexity index is 1030. The topological polar surface area (TPSA) is 131 Å². The quantitative estimate of drug-likeness (QED) is 0.371. The number of hydrogen-bond donors (Lipinski definition) is 2. The first-order valence-electron chi connectivity index (χ1n) is 7.46. The molecule has 3 aromatic rings. The number of aromatic carboxylic acids is 1. The van der Waals surface area contributed by atoms with Gasteiger partial charge in [-0.2, -0.15) is 5.10 Å². The fourth-order valence-corrected chi connectivity index (χ4v) is 2.34. The van der Waals surface area contributed by atoms with E-state index in [4.69, 9.17) is 21.1 Å². The molecule has 0 atom stereocenters. The van der Waals surface area contributed by atoms with Crippen LogP contribution in [0.4, 0.5) is 11.5 Å². The summed E-state index contributed by atoms with van der Waals surface area (Å²) in [6.07, 6.45) is 2.50. The molecule has 0 unspecified atom stereocenters. The molecule has 9 nitrogen and oxygen atoms in total. The Balaban J connectivity index is 1.70. The van der Waals surface area contributed by atoms with Gasteiger partial charge in [-0.1, -0.05) is 11.6 Å². The van der Waals surface area contributed by atoms with Crippen LogP contribution in [-0.4, -0.2) is 27.2 Å². The van der Waals surface area contributed by atoms with Crippen LogP contribution < -0.4 is 5.43 Å². The molecule has 2 aromatic heterocycles. The minimum atomic E-state index is -1.13. The number of carboxylic acid groups (broad SMARTS) is 1. The molecule has 0 bridgehead atoms. The number of hydrazone groups is 1. The zero-order valence-electron chi connectivity index (χ0n) is 13.5. The Labute approximate surface area is 157 Å². The number of furan rings is 1. The molecule has 0 fully saturated rings. The third-order valence-electron chi connectivity index (χ3n) is 3.44. The molecule has 0 spiro atoms. The van der Waals surface area contributed by atoms with E-state index in [-0.39, 0.29) is 16.3 Å². The number of aromatic nitrogens is 1. The second kappa shape index (κ2) is 7.67. The molecule has 0 radical (unpaired) electrons. The fourth-order valence-electron chi connectivity index (χ4n) is 2.14. The van der Waals surface area contributed by atoms with Crippen LogP contribution in [-0.2, 0) is 0 Å². The van der Waals surface area contributed by atoms with Gasteiger partial charge in [-0.05, 0) is 36.4 Å². The molecule has 27 heavy (non-hydrogen) atoms.